The maximum atomic E-state index is 12.0. The van der Waals surface area contributed by atoms with E-state index in [2.05, 4.69) is 16.7 Å². The first kappa shape index (κ1) is 16.6. The summed E-state index contributed by atoms with van der Waals surface area (Å²) in [7, 11) is 0. The molecule has 22 heavy (non-hydrogen) atoms. The van der Waals surface area contributed by atoms with Crippen molar-refractivity contribution in [1.29, 1.82) is 0 Å². The zero-order valence-electron chi connectivity index (χ0n) is 13.7. The Balaban J connectivity index is 2.08. The SMILES string of the molecule is CC(C)(C)NC(=O)Nc1ccc(C2CC2)cc1OCCCN. The molecule has 122 valence electrons. The van der Waals surface area contributed by atoms with Gasteiger partial charge in [0.25, 0.3) is 0 Å². The van der Waals surface area contributed by atoms with Crippen LogP contribution in [0, 0.1) is 0 Å². The van der Waals surface area contributed by atoms with Gasteiger partial charge in [0.05, 0.1) is 12.3 Å². The van der Waals surface area contributed by atoms with E-state index >= 15 is 0 Å². The highest BCUT2D eigenvalue weighted by Crippen LogP contribution is 2.42. The number of ether oxygens (including phenoxy) is 1. The quantitative estimate of drug-likeness (QED) is 0.706. The number of nitrogens with one attached hydrogen (secondary N) is 2. The minimum Gasteiger partial charge on any atom is -0.491 e. The number of hydrogen-bond donors (Lipinski definition) is 3. The molecule has 0 aromatic heterocycles. The van der Waals surface area contributed by atoms with Crippen molar-refractivity contribution in [2.24, 2.45) is 5.73 Å². The second-order valence-corrected chi connectivity index (χ2v) is 6.85. The van der Waals surface area contributed by atoms with Gasteiger partial charge in [0.1, 0.15) is 5.75 Å². The zero-order chi connectivity index (χ0) is 16.2. The lowest BCUT2D eigenvalue weighted by molar-refractivity contribution is 0.243. The predicted molar refractivity (Wildman–Crippen MR) is 89.5 cm³/mol. The van der Waals surface area contributed by atoms with Gasteiger partial charge in [-0.25, -0.2) is 4.79 Å². The number of benzene rings is 1. The summed E-state index contributed by atoms with van der Waals surface area (Å²) in [4.78, 5) is 12.0. The summed E-state index contributed by atoms with van der Waals surface area (Å²) in [6.07, 6.45) is 3.26. The number of hydrogen-bond acceptors (Lipinski definition) is 3. The highest BCUT2D eigenvalue weighted by molar-refractivity contribution is 5.91. The molecule has 0 bridgehead atoms. The van der Waals surface area contributed by atoms with Crippen molar-refractivity contribution in [2.45, 2.75) is 51.5 Å². The fraction of sp³-hybridized carbons (Fsp3) is 0.588. The Kier molecular flexibility index (Phi) is 5.29. The highest BCUT2D eigenvalue weighted by atomic mass is 16.5. The van der Waals surface area contributed by atoms with Crippen LogP contribution in [0.1, 0.15) is 51.5 Å². The second kappa shape index (κ2) is 7.01. The second-order valence-electron chi connectivity index (χ2n) is 6.85. The average Bonchev–Trinajstić information content (AvgIpc) is 3.23. The van der Waals surface area contributed by atoms with Crippen LogP contribution in [0.3, 0.4) is 0 Å². The maximum absolute atomic E-state index is 12.0. The molecule has 1 aliphatic rings. The first-order valence-corrected chi connectivity index (χ1v) is 7.95. The van der Waals surface area contributed by atoms with E-state index in [0.29, 0.717) is 24.8 Å². The number of nitrogens with two attached hydrogens (primary N) is 1. The molecule has 5 nitrogen and oxygen atoms in total. The fourth-order valence-electron chi connectivity index (χ4n) is 2.19. The van der Waals surface area contributed by atoms with Gasteiger partial charge >= 0.3 is 6.03 Å². The molecule has 1 fully saturated rings. The Hall–Kier alpha value is -1.75. The molecule has 2 rings (SSSR count). The molecule has 2 amide bonds. The van der Waals surface area contributed by atoms with Crippen LogP contribution in [0.4, 0.5) is 10.5 Å². The lowest BCUT2D eigenvalue weighted by atomic mass is 10.1. The topological polar surface area (TPSA) is 76.4 Å². The Morgan fingerprint density at radius 3 is 2.68 bits per heavy atom. The number of urea groups is 1. The molecular weight excluding hydrogens is 278 g/mol. The van der Waals surface area contributed by atoms with Crippen molar-refractivity contribution in [3.8, 4) is 5.75 Å². The molecule has 1 aromatic carbocycles. The molecule has 0 unspecified atom stereocenters. The van der Waals surface area contributed by atoms with Gasteiger partial charge in [-0.3, -0.25) is 0 Å². The maximum Gasteiger partial charge on any atom is 0.319 e. The number of anilines is 1. The number of carbonyl (C=O) groups excluding carboxylic acids is 1. The molecular formula is C17H27N3O2. The summed E-state index contributed by atoms with van der Waals surface area (Å²) in [5.41, 5.74) is 7.21. The summed E-state index contributed by atoms with van der Waals surface area (Å²) >= 11 is 0. The van der Waals surface area contributed by atoms with Crippen LogP contribution in [0.25, 0.3) is 0 Å². The fourth-order valence-corrected chi connectivity index (χ4v) is 2.19. The van der Waals surface area contributed by atoms with E-state index in [-0.39, 0.29) is 11.6 Å². The van der Waals surface area contributed by atoms with Crippen molar-refractivity contribution < 1.29 is 9.53 Å². The molecule has 4 N–H and O–H groups in total. The van der Waals surface area contributed by atoms with E-state index in [1.807, 2.05) is 32.9 Å². The van der Waals surface area contributed by atoms with Crippen molar-refractivity contribution in [1.82, 2.24) is 5.32 Å². The Labute approximate surface area is 132 Å². The van der Waals surface area contributed by atoms with Gasteiger partial charge in [0, 0.05) is 5.54 Å². The average molecular weight is 305 g/mol. The van der Waals surface area contributed by atoms with E-state index in [4.69, 9.17) is 10.5 Å². The van der Waals surface area contributed by atoms with Gasteiger partial charge in [-0.05, 0) is 70.2 Å². The molecule has 0 spiro atoms. The van der Waals surface area contributed by atoms with Gasteiger partial charge in [-0.1, -0.05) is 6.07 Å². The van der Waals surface area contributed by atoms with Crippen molar-refractivity contribution >= 4 is 11.7 Å². The van der Waals surface area contributed by atoms with Gasteiger partial charge in [0.2, 0.25) is 0 Å². The van der Waals surface area contributed by atoms with E-state index in [1.54, 1.807) is 0 Å². The molecule has 5 heteroatoms. The lowest BCUT2D eigenvalue weighted by Gasteiger charge is -2.21. The Morgan fingerprint density at radius 1 is 1.36 bits per heavy atom. The summed E-state index contributed by atoms with van der Waals surface area (Å²) in [6.45, 7) is 6.99. The first-order chi connectivity index (χ1) is 10.4. The summed E-state index contributed by atoms with van der Waals surface area (Å²) in [5, 5.41) is 5.76. The standard InChI is InChI=1S/C17H27N3O2/c1-17(2,3)20-16(21)19-14-8-7-13(12-5-6-12)11-15(14)22-10-4-9-18/h7-8,11-12H,4-6,9-10,18H2,1-3H3,(H2,19,20,21). The van der Waals surface area contributed by atoms with E-state index in [1.165, 1.54) is 18.4 Å². The lowest BCUT2D eigenvalue weighted by Crippen LogP contribution is -2.43. The largest absolute Gasteiger partial charge is 0.491 e. The van der Waals surface area contributed by atoms with Gasteiger partial charge in [0.15, 0.2) is 0 Å². The smallest absolute Gasteiger partial charge is 0.319 e. The van der Waals surface area contributed by atoms with E-state index in [0.717, 1.165) is 12.2 Å². The number of carbonyl (C=O) groups is 1. The highest BCUT2D eigenvalue weighted by Gasteiger charge is 2.24. The zero-order valence-corrected chi connectivity index (χ0v) is 13.7. The van der Waals surface area contributed by atoms with Crippen LogP contribution >= 0.6 is 0 Å². The number of amides is 2. The summed E-state index contributed by atoms with van der Waals surface area (Å²) in [5.74, 6) is 1.37. The molecule has 0 saturated heterocycles. The van der Waals surface area contributed by atoms with Crippen LogP contribution in [0.2, 0.25) is 0 Å². The summed E-state index contributed by atoms with van der Waals surface area (Å²) < 4.78 is 5.80. The van der Waals surface area contributed by atoms with Gasteiger partial charge in [-0.15, -0.1) is 0 Å². The monoisotopic (exact) mass is 305 g/mol. The van der Waals surface area contributed by atoms with E-state index in [9.17, 15) is 4.79 Å². The molecule has 1 saturated carbocycles. The van der Waals surface area contributed by atoms with Crippen molar-refractivity contribution in [2.75, 3.05) is 18.5 Å². The molecule has 0 heterocycles. The van der Waals surface area contributed by atoms with Crippen LogP contribution in [-0.2, 0) is 0 Å². The minimum atomic E-state index is -0.279. The molecule has 0 atom stereocenters. The number of rotatable bonds is 6. The molecule has 1 aromatic rings. The van der Waals surface area contributed by atoms with Crippen LogP contribution < -0.4 is 21.1 Å². The predicted octanol–water partition coefficient (Wildman–Crippen LogP) is 3.21. The van der Waals surface area contributed by atoms with Crippen LogP contribution in [0.15, 0.2) is 18.2 Å². The molecule has 1 aliphatic carbocycles. The van der Waals surface area contributed by atoms with Gasteiger partial charge in [-0.2, -0.15) is 0 Å². The van der Waals surface area contributed by atoms with Crippen LogP contribution in [-0.4, -0.2) is 24.7 Å². The third-order valence-corrected chi connectivity index (χ3v) is 3.40. The third-order valence-electron chi connectivity index (χ3n) is 3.40. The first-order valence-electron chi connectivity index (χ1n) is 7.95. The molecule has 0 aliphatic heterocycles. The normalized spacial score (nSPS) is 14.5. The van der Waals surface area contributed by atoms with Crippen LogP contribution in [0.5, 0.6) is 5.75 Å². The Bertz CT molecular complexity index is 519. The Morgan fingerprint density at radius 2 is 2.09 bits per heavy atom. The minimum absolute atomic E-state index is 0.227. The molecule has 0 radical (unpaired) electrons. The third kappa shape index (κ3) is 5.22. The van der Waals surface area contributed by atoms with E-state index < -0.39 is 0 Å². The van der Waals surface area contributed by atoms with Gasteiger partial charge < -0.3 is 21.1 Å². The van der Waals surface area contributed by atoms with Crippen molar-refractivity contribution in [3.63, 3.8) is 0 Å². The van der Waals surface area contributed by atoms with Crippen molar-refractivity contribution in [3.05, 3.63) is 23.8 Å². The summed E-state index contributed by atoms with van der Waals surface area (Å²) in [6, 6.07) is 5.81.